The molecule has 1 saturated heterocycles. The molecule has 0 radical (unpaired) electrons. The Hall–Kier alpha value is -2.99. The maximum atomic E-state index is 13.4. The van der Waals surface area contributed by atoms with Gasteiger partial charge in [-0.1, -0.05) is 6.07 Å². The number of carbonyl (C=O) groups excluding carboxylic acids is 3. The van der Waals surface area contributed by atoms with Gasteiger partial charge in [0.2, 0.25) is 0 Å². The van der Waals surface area contributed by atoms with Crippen LogP contribution in [-0.2, 0) is 11.2 Å². The fourth-order valence-corrected chi connectivity index (χ4v) is 5.02. The highest BCUT2D eigenvalue weighted by molar-refractivity contribution is 6.22. The van der Waals surface area contributed by atoms with E-state index in [0.717, 1.165) is 36.9 Å². The Kier molecular flexibility index (Phi) is 4.89. The van der Waals surface area contributed by atoms with Gasteiger partial charge in [-0.25, -0.2) is 0 Å². The molecule has 6 nitrogen and oxygen atoms in total. The summed E-state index contributed by atoms with van der Waals surface area (Å²) in [6, 6.07) is 9.08. The Balaban J connectivity index is 1.44. The zero-order valence-corrected chi connectivity index (χ0v) is 17.9. The normalized spacial score (nSPS) is 20.3. The minimum atomic E-state index is -0.337. The van der Waals surface area contributed by atoms with Crippen molar-refractivity contribution in [1.29, 1.82) is 0 Å². The van der Waals surface area contributed by atoms with Crippen LogP contribution in [-0.4, -0.2) is 48.4 Å². The van der Waals surface area contributed by atoms with E-state index in [9.17, 15) is 14.4 Å². The maximum absolute atomic E-state index is 13.4. The molecule has 31 heavy (non-hydrogen) atoms. The minimum Gasteiger partial charge on any atom is -0.376 e. The van der Waals surface area contributed by atoms with Crippen molar-refractivity contribution in [1.82, 2.24) is 4.90 Å². The van der Waals surface area contributed by atoms with Crippen LogP contribution in [0, 0.1) is 13.8 Å². The van der Waals surface area contributed by atoms with Crippen molar-refractivity contribution < 1.29 is 19.1 Å². The summed E-state index contributed by atoms with van der Waals surface area (Å²) in [5.41, 5.74) is 5.60. The van der Waals surface area contributed by atoms with Crippen molar-refractivity contribution in [3.63, 3.8) is 0 Å². The van der Waals surface area contributed by atoms with Gasteiger partial charge >= 0.3 is 0 Å². The fraction of sp³-hybridized carbons (Fsp3) is 0.400. The molecule has 3 aliphatic heterocycles. The molecule has 1 fully saturated rings. The number of imide groups is 1. The number of nitrogens with zero attached hydrogens (tertiary/aromatic N) is 2. The molecule has 5 rings (SSSR count). The number of ether oxygens (including phenoxy) is 1. The lowest BCUT2D eigenvalue weighted by Crippen LogP contribution is -2.36. The highest BCUT2D eigenvalue weighted by Gasteiger charge is 2.38. The molecule has 0 bridgehead atoms. The summed E-state index contributed by atoms with van der Waals surface area (Å²) in [6.07, 6.45) is 3.56. The first kappa shape index (κ1) is 19.9. The number of benzene rings is 2. The van der Waals surface area contributed by atoms with Crippen LogP contribution < -0.4 is 4.90 Å². The molecular formula is C25H26N2O4. The molecule has 0 aliphatic carbocycles. The van der Waals surface area contributed by atoms with Gasteiger partial charge in [-0.15, -0.1) is 0 Å². The van der Waals surface area contributed by atoms with E-state index in [-0.39, 0.29) is 30.4 Å². The number of hydrogen-bond donors (Lipinski definition) is 0. The van der Waals surface area contributed by atoms with Crippen molar-refractivity contribution in [3.8, 4) is 0 Å². The van der Waals surface area contributed by atoms with E-state index >= 15 is 0 Å². The molecule has 2 aromatic carbocycles. The van der Waals surface area contributed by atoms with Crippen LogP contribution in [0.4, 0.5) is 5.69 Å². The summed E-state index contributed by atoms with van der Waals surface area (Å²) < 4.78 is 5.60. The summed E-state index contributed by atoms with van der Waals surface area (Å²) in [4.78, 5) is 42.2. The van der Waals surface area contributed by atoms with E-state index in [1.807, 2.05) is 11.8 Å². The molecule has 6 heteroatoms. The topological polar surface area (TPSA) is 66.9 Å². The third-order valence-corrected chi connectivity index (χ3v) is 6.57. The average Bonchev–Trinajstić information content (AvgIpc) is 3.36. The third-order valence-electron chi connectivity index (χ3n) is 6.57. The number of aryl methyl sites for hydroxylation is 2. The lowest BCUT2D eigenvalue weighted by atomic mass is 9.94. The number of fused-ring (bicyclic) bond motifs is 2. The first-order valence-corrected chi connectivity index (χ1v) is 11.0. The van der Waals surface area contributed by atoms with Crippen molar-refractivity contribution in [3.05, 3.63) is 63.7 Å². The lowest BCUT2D eigenvalue weighted by molar-refractivity contribution is 0.0475. The number of anilines is 1. The highest BCUT2D eigenvalue weighted by atomic mass is 16.5. The second-order valence-corrected chi connectivity index (χ2v) is 8.76. The average molecular weight is 418 g/mol. The molecule has 3 aliphatic rings. The summed E-state index contributed by atoms with van der Waals surface area (Å²) in [7, 11) is 0. The quantitative estimate of drug-likeness (QED) is 0.714. The van der Waals surface area contributed by atoms with Gasteiger partial charge in [0.15, 0.2) is 0 Å². The number of hydrogen-bond acceptors (Lipinski definition) is 4. The summed E-state index contributed by atoms with van der Waals surface area (Å²) in [5, 5.41) is 0. The Labute approximate surface area is 181 Å². The van der Waals surface area contributed by atoms with Gasteiger partial charge in [0.25, 0.3) is 17.7 Å². The van der Waals surface area contributed by atoms with Gasteiger partial charge in [0.1, 0.15) is 0 Å². The Bertz CT molecular complexity index is 1100. The van der Waals surface area contributed by atoms with E-state index < -0.39 is 0 Å². The molecule has 1 unspecified atom stereocenters. The molecule has 0 aromatic heterocycles. The molecular weight excluding hydrogens is 392 g/mol. The Morgan fingerprint density at radius 1 is 1.06 bits per heavy atom. The van der Waals surface area contributed by atoms with Crippen LogP contribution >= 0.6 is 0 Å². The van der Waals surface area contributed by atoms with Crippen LogP contribution in [0.5, 0.6) is 0 Å². The van der Waals surface area contributed by atoms with Crippen LogP contribution in [0.15, 0.2) is 30.3 Å². The second kappa shape index (κ2) is 7.61. The standard InChI is InChI=1S/C25H26N2O4/c1-15-11-16(2)19-6-3-9-26(22(19)12-15)23(28)17-7-8-20-21(13-17)25(30)27(24(20)29)14-18-5-4-10-31-18/h7-8,11-13,18H,3-6,9-10,14H2,1-2H3. The summed E-state index contributed by atoms with van der Waals surface area (Å²) in [6.45, 7) is 5.70. The number of carbonyl (C=O) groups is 3. The molecule has 0 spiro atoms. The van der Waals surface area contributed by atoms with Gasteiger partial charge < -0.3 is 9.64 Å². The van der Waals surface area contributed by atoms with E-state index in [1.165, 1.54) is 16.0 Å². The van der Waals surface area contributed by atoms with Gasteiger partial charge in [-0.3, -0.25) is 19.3 Å². The SMILES string of the molecule is Cc1cc(C)c2c(c1)N(C(=O)c1ccc3c(c1)C(=O)N(CC1CCCO1)C3=O)CCC2. The first-order valence-electron chi connectivity index (χ1n) is 11.0. The number of rotatable bonds is 3. The molecule has 0 N–H and O–H groups in total. The minimum absolute atomic E-state index is 0.0976. The van der Waals surface area contributed by atoms with Crippen molar-refractivity contribution in [2.24, 2.45) is 0 Å². The lowest BCUT2D eigenvalue weighted by Gasteiger charge is -2.31. The molecule has 0 saturated carbocycles. The van der Waals surface area contributed by atoms with Crippen LogP contribution in [0.3, 0.4) is 0 Å². The molecule has 1 atom stereocenters. The molecule has 3 amide bonds. The zero-order chi connectivity index (χ0) is 21.7. The Morgan fingerprint density at radius 3 is 2.65 bits per heavy atom. The van der Waals surface area contributed by atoms with Crippen LogP contribution in [0.25, 0.3) is 0 Å². The van der Waals surface area contributed by atoms with Crippen LogP contribution in [0.2, 0.25) is 0 Å². The van der Waals surface area contributed by atoms with Crippen molar-refractivity contribution in [2.75, 3.05) is 24.6 Å². The largest absolute Gasteiger partial charge is 0.376 e. The molecule has 2 aromatic rings. The Morgan fingerprint density at radius 2 is 1.87 bits per heavy atom. The fourth-order valence-electron chi connectivity index (χ4n) is 5.02. The van der Waals surface area contributed by atoms with Gasteiger partial charge in [0, 0.05) is 24.4 Å². The highest BCUT2D eigenvalue weighted by Crippen LogP contribution is 2.33. The predicted octanol–water partition coefficient (Wildman–Crippen LogP) is 3.67. The molecule has 3 heterocycles. The van der Waals surface area contributed by atoms with Crippen molar-refractivity contribution >= 4 is 23.4 Å². The van der Waals surface area contributed by atoms with Crippen molar-refractivity contribution in [2.45, 2.75) is 45.6 Å². The number of amides is 3. The molecule has 160 valence electrons. The van der Waals surface area contributed by atoms with Gasteiger partial charge in [-0.2, -0.15) is 0 Å². The van der Waals surface area contributed by atoms with Gasteiger partial charge in [-0.05, 0) is 80.5 Å². The van der Waals surface area contributed by atoms with E-state index in [2.05, 4.69) is 19.1 Å². The second-order valence-electron chi connectivity index (χ2n) is 8.76. The van der Waals surface area contributed by atoms with Gasteiger partial charge in [0.05, 0.1) is 23.8 Å². The van der Waals surface area contributed by atoms with E-state index in [0.29, 0.717) is 29.8 Å². The van der Waals surface area contributed by atoms with E-state index in [4.69, 9.17) is 4.74 Å². The van der Waals surface area contributed by atoms with Crippen LogP contribution in [0.1, 0.15) is 67.0 Å². The zero-order valence-electron chi connectivity index (χ0n) is 17.9. The smallest absolute Gasteiger partial charge is 0.261 e. The monoisotopic (exact) mass is 418 g/mol. The summed E-state index contributed by atoms with van der Waals surface area (Å²) >= 11 is 0. The van der Waals surface area contributed by atoms with E-state index in [1.54, 1.807) is 18.2 Å². The predicted molar refractivity (Wildman–Crippen MR) is 117 cm³/mol. The first-order chi connectivity index (χ1) is 14.9. The summed E-state index contributed by atoms with van der Waals surface area (Å²) in [5.74, 6) is -0.772. The third kappa shape index (κ3) is 3.35. The maximum Gasteiger partial charge on any atom is 0.261 e.